The molecule has 0 fully saturated rings. The fraction of sp³-hybridized carbons (Fsp3) is 0.143. The molecule has 29 heavy (non-hydrogen) atoms. The summed E-state index contributed by atoms with van der Waals surface area (Å²) in [6, 6.07) is 8.89. The van der Waals surface area contributed by atoms with Crippen LogP contribution in [0.3, 0.4) is 0 Å². The molecule has 0 aliphatic heterocycles. The highest BCUT2D eigenvalue weighted by molar-refractivity contribution is 6.42. The molecule has 0 aliphatic rings. The molecule has 2 heterocycles. The Morgan fingerprint density at radius 3 is 2.72 bits per heavy atom. The van der Waals surface area contributed by atoms with Crippen molar-refractivity contribution in [1.29, 1.82) is 0 Å². The van der Waals surface area contributed by atoms with Crippen LogP contribution in [0.15, 0.2) is 54.4 Å². The molecule has 150 valence electrons. The number of hydrogen-bond acceptors (Lipinski definition) is 4. The molecule has 2 N–H and O–H groups in total. The van der Waals surface area contributed by atoms with Crippen LogP contribution < -0.4 is 10.1 Å². The summed E-state index contributed by atoms with van der Waals surface area (Å²) in [7, 11) is 1.43. The molecule has 2 aromatic heterocycles. The van der Waals surface area contributed by atoms with E-state index in [0.717, 1.165) is 16.6 Å². The number of halogens is 2. The summed E-state index contributed by atoms with van der Waals surface area (Å²) in [6.07, 6.45) is 6.62. The lowest BCUT2D eigenvalue weighted by molar-refractivity contribution is -0.115. The maximum Gasteiger partial charge on any atom is 0.290 e. The summed E-state index contributed by atoms with van der Waals surface area (Å²) in [4.78, 5) is 19.7. The Kier molecular flexibility index (Phi) is 6.80. The standard InChI is InChI=1S/C21H19Cl2N3O3/c1-3-29-20-8-7-15(12-24-20)26-21(27)19(28-2)6-4-5-14-9-13-10-16(22)17(23)11-18(13)25-14/h4-12,25H,3H2,1-2H3,(H,26,27)/b5-4+,19-6-. The fourth-order valence-electron chi connectivity index (χ4n) is 2.59. The third-order valence-electron chi connectivity index (χ3n) is 3.94. The number of benzene rings is 1. The van der Waals surface area contributed by atoms with Gasteiger partial charge in [-0.1, -0.05) is 29.3 Å². The first-order chi connectivity index (χ1) is 14.0. The minimum absolute atomic E-state index is 0.150. The number of methoxy groups -OCH3 is 1. The largest absolute Gasteiger partial charge is 0.491 e. The van der Waals surface area contributed by atoms with Crippen molar-refractivity contribution >= 4 is 51.8 Å². The summed E-state index contributed by atoms with van der Waals surface area (Å²) in [5.74, 6) is 0.257. The Balaban J connectivity index is 1.69. The van der Waals surface area contributed by atoms with Crippen molar-refractivity contribution in [3.8, 4) is 5.88 Å². The molecule has 0 atom stereocenters. The lowest BCUT2D eigenvalue weighted by atomic mass is 10.2. The predicted octanol–water partition coefficient (Wildman–Crippen LogP) is 5.45. The van der Waals surface area contributed by atoms with Crippen molar-refractivity contribution < 1.29 is 14.3 Å². The second kappa shape index (κ2) is 9.49. The number of hydrogen-bond donors (Lipinski definition) is 2. The molecule has 0 radical (unpaired) electrons. The van der Waals surface area contributed by atoms with E-state index in [2.05, 4.69) is 15.3 Å². The highest BCUT2D eigenvalue weighted by atomic mass is 35.5. The molecule has 0 unspecified atom stereocenters. The lowest BCUT2D eigenvalue weighted by Gasteiger charge is -2.08. The van der Waals surface area contributed by atoms with Crippen LogP contribution in [0.2, 0.25) is 10.0 Å². The van der Waals surface area contributed by atoms with Gasteiger partial charge in [-0.25, -0.2) is 4.98 Å². The van der Waals surface area contributed by atoms with Crippen LogP contribution >= 0.6 is 23.2 Å². The van der Waals surface area contributed by atoms with Crippen LogP contribution in [0, 0.1) is 0 Å². The Morgan fingerprint density at radius 1 is 1.24 bits per heavy atom. The van der Waals surface area contributed by atoms with Gasteiger partial charge in [0.1, 0.15) is 0 Å². The van der Waals surface area contributed by atoms with E-state index in [1.54, 1.807) is 36.4 Å². The van der Waals surface area contributed by atoms with Gasteiger partial charge < -0.3 is 19.8 Å². The van der Waals surface area contributed by atoms with E-state index >= 15 is 0 Å². The summed E-state index contributed by atoms with van der Waals surface area (Å²) in [5.41, 5.74) is 2.24. The summed E-state index contributed by atoms with van der Waals surface area (Å²) >= 11 is 12.1. The Morgan fingerprint density at radius 2 is 2.03 bits per heavy atom. The highest BCUT2D eigenvalue weighted by Gasteiger charge is 2.10. The molecule has 0 aliphatic carbocycles. The van der Waals surface area contributed by atoms with Crippen LogP contribution in [-0.2, 0) is 9.53 Å². The molecule has 8 heteroatoms. The van der Waals surface area contributed by atoms with Gasteiger partial charge >= 0.3 is 0 Å². The number of carbonyl (C=O) groups excluding carboxylic acids is 1. The SMILES string of the molecule is CCOc1ccc(NC(=O)/C(=C/C=C/c2cc3cc(Cl)c(Cl)cc3[nH]2)OC)cn1. The Labute approximate surface area is 178 Å². The smallest absolute Gasteiger partial charge is 0.290 e. The first kappa shape index (κ1) is 20.8. The third-order valence-corrected chi connectivity index (χ3v) is 4.66. The number of aromatic nitrogens is 2. The number of carbonyl (C=O) groups is 1. The number of amides is 1. The van der Waals surface area contributed by atoms with Crippen molar-refractivity contribution in [2.75, 3.05) is 19.0 Å². The van der Waals surface area contributed by atoms with Gasteiger partial charge in [0.2, 0.25) is 5.88 Å². The van der Waals surface area contributed by atoms with Crippen molar-refractivity contribution in [3.05, 3.63) is 70.2 Å². The zero-order valence-corrected chi connectivity index (χ0v) is 17.3. The average Bonchev–Trinajstić information content (AvgIpc) is 3.08. The number of rotatable bonds is 7. The average molecular weight is 432 g/mol. The normalized spacial score (nSPS) is 11.8. The number of allylic oxidation sites excluding steroid dienone is 2. The summed E-state index contributed by atoms with van der Waals surface area (Å²) in [5, 5.41) is 4.64. The van der Waals surface area contributed by atoms with Crippen LogP contribution in [-0.4, -0.2) is 29.6 Å². The number of pyridine rings is 1. The number of nitrogens with zero attached hydrogens (tertiary/aromatic N) is 1. The zero-order valence-electron chi connectivity index (χ0n) is 15.8. The molecule has 1 aromatic carbocycles. The molecular weight excluding hydrogens is 413 g/mol. The lowest BCUT2D eigenvalue weighted by Crippen LogP contribution is -2.15. The minimum Gasteiger partial charge on any atom is -0.491 e. The van der Waals surface area contributed by atoms with Crippen LogP contribution in [0.5, 0.6) is 5.88 Å². The van der Waals surface area contributed by atoms with Crippen molar-refractivity contribution in [2.45, 2.75) is 6.92 Å². The number of ether oxygens (including phenoxy) is 2. The molecule has 3 aromatic rings. The summed E-state index contributed by atoms with van der Waals surface area (Å²) in [6.45, 7) is 2.40. The minimum atomic E-state index is -0.390. The highest BCUT2D eigenvalue weighted by Crippen LogP contribution is 2.28. The third kappa shape index (κ3) is 5.31. The second-order valence-electron chi connectivity index (χ2n) is 5.94. The molecule has 0 bridgehead atoms. The second-order valence-corrected chi connectivity index (χ2v) is 6.76. The quantitative estimate of drug-likeness (QED) is 0.296. The molecule has 0 saturated carbocycles. The Bertz CT molecular complexity index is 1030. The van der Waals surface area contributed by atoms with E-state index < -0.39 is 5.91 Å². The number of anilines is 1. The van der Waals surface area contributed by atoms with Gasteiger partial charge in [0.05, 0.1) is 35.6 Å². The Hall–Kier alpha value is -2.96. The van der Waals surface area contributed by atoms with E-state index in [1.807, 2.05) is 19.1 Å². The van der Waals surface area contributed by atoms with Crippen molar-refractivity contribution in [3.63, 3.8) is 0 Å². The fourth-order valence-corrected chi connectivity index (χ4v) is 2.93. The van der Waals surface area contributed by atoms with E-state index in [0.29, 0.717) is 28.2 Å². The van der Waals surface area contributed by atoms with Gasteiger partial charge in [-0.05, 0) is 43.3 Å². The monoisotopic (exact) mass is 431 g/mol. The van der Waals surface area contributed by atoms with Crippen LogP contribution in [0.25, 0.3) is 17.0 Å². The van der Waals surface area contributed by atoms with Gasteiger partial charge in [0.15, 0.2) is 5.76 Å². The zero-order chi connectivity index (χ0) is 20.8. The molecule has 0 saturated heterocycles. The number of fused-ring (bicyclic) bond motifs is 1. The van der Waals surface area contributed by atoms with Gasteiger partial charge in [0, 0.05) is 22.7 Å². The first-order valence-electron chi connectivity index (χ1n) is 8.80. The number of aromatic amines is 1. The van der Waals surface area contributed by atoms with Crippen LogP contribution in [0.4, 0.5) is 5.69 Å². The molecule has 1 amide bonds. The summed E-state index contributed by atoms with van der Waals surface area (Å²) < 4.78 is 10.5. The number of nitrogens with one attached hydrogen (secondary N) is 2. The van der Waals surface area contributed by atoms with E-state index in [4.69, 9.17) is 32.7 Å². The van der Waals surface area contributed by atoms with Crippen LogP contribution in [0.1, 0.15) is 12.6 Å². The van der Waals surface area contributed by atoms with Gasteiger partial charge in [-0.15, -0.1) is 0 Å². The van der Waals surface area contributed by atoms with Gasteiger partial charge in [0.25, 0.3) is 5.91 Å². The molecule has 3 rings (SSSR count). The van der Waals surface area contributed by atoms with E-state index in [9.17, 15) is 4.79 Å². The molecule has 6 nitrogen and oxygen atoms in total. The maximum absolute atomic E-state index is 12.4. The van der Waals surface area contributed by atoms with Crippen molar-refractivity contribution in [1.82, 2.24) is 9.97 Å². The predicted molar refractivity (Wildman–Crippen MR) is 116 cm³/mol. The first-order valence-corrected chi connectivity index (χ1v) is 9.56. The molecule has 0 spiro atoms. The van der Waals surface area contributed by atoms with E-state index in [1.165, 1.54) is 13.3 Å². The van der Waals surface area contributed by atoms with Gasteiger partial charge in [-0.2, -0.15) is 0 Å². The number of H-pyrrole nitrogens is 1. The maximum atomic E-state index is 12.4. The van der Waals surface area contributed by atoms with Crippen molar-refractivity contribution in [2.24, 2.45) is 0 Å². The topological polar surface area (TPSA) is 76.2 Å². The van der Waals surface area contributed by atoms with E-state index in [-0.39, 0.29) is 5.76 Å². The molecular formula is C21H19Cl2N3O3. The van der Waals surface area contributed by atoms with Gasteiger partial charge in [-0.3, -0.25) is 4.79 Å².